The van der Waals surface area contributed by atoms with Crippen LogP contribution in [0.4, 0.5) is 0 Å². The minimum Gasteiger partial charge on any atom is -0.368 e. The van der Waals surface area contributed by atoms with Crippen LogP contribution >= 0.6 is 0 Å². The fraction of sp³-hybridized carbons (Fsp3) is 0.833. The molecular weight excluding hydrogens is 1420 g/mol. The first kappa shape index (κ1) is 104. The summed E-state index contributed by atoms with van der Waals surface area (Å²) in [6, 6.07) is -15.3. The summed E-state index contributed by atoms with van der Waals surface area (Å²) in [5, 5.41) is 33.7. The summed E-state index contributed by atoms with van der Waals surface area (Å²) < 4.78 is 0. The molecule has 0 saturated carbocycles. The molecule has 13 atom stereocenters. The molecule has 0 aliphatic rings. The Labute approximate surface area is 662 Å². The second-order valence-corrected chi connectivity index (χ2v) is 32.9. The van der Waals surface area contributed by atoms with Gasteiger partial charge in [0.2, 0.25) is 76.8 Å². The summed E-state index contributed by atoms with van der Waals surface area (Å²) in [4.78, 5) is 185. The number of nitrogens with one attached hydrogen (secondary N) is 12. The molecular formula is C78H152N20O13. The van der Waals surface area contributed by atoms with E-state index < -0.39 is 155 Å². The van der Waals surface area contributed by atoms with Gasteiger partial charge in [0.1, 0.15) is 72.5 Å². The molecule has 0 aromatic heterocycles. The lowest BCUT2D eigenvalue weighted by molar-refractivity contribution is -0.137. The van der Waals surface area contributed by atoms with E-state index in [0.29, 0.717) is 110 Å². The van der Waals surface area contributed by atoms with E-state index in [4.69, 9.17) is 45.9 Å². The minimum atomic E-state index is -1.29. The van der Waals surface area contributed by atoms with Crippen molar-refractivity contribution in [2.24, 2.45) is 87.3 Å². The van der Waals surface area contributed by atoms with Crippen molar-refractivity contribution in [2.75, 3.05) is 39.3 Å². The van der Waals surface area contributed by atoms with Gasteiger partial charge in [-0.25, -0.2) is 0 Å². The summed E-state index contributed by atoms with van der Waals surface area (Å²) >= 11 is 0. The fourth-order valence-corrected chi connectivity index (χ4v) is 12.7. The van der Waals surface area contributed by atoms with Crippen LogP contribution in [0.25, 0.3) is 0 Å². The Morgan fingerprint density at radius 3 is 0.486 bits per heavy atom. The number of nitrogens with two attached hydrogens (primary N) is 8. The summed E-state index contributed by atoms with van der Waals surface area (Å²) in [7, 11) is 0. The number of hydrogen-bond acceptors (Lipinski definition) is 20. The van der Waals surface area contributed by atoms with Crippen LogP contribution in [-0.2, 0) is 62.3 Å². The lowest BCUT2D eigenvalue weighted by Gasteiger charge is -2.30. The van der Waals surface area contributed by atoms with E-state index in [1.165, 1.54) is 0 Å². The van der Waals surface area contributed by atoms with Gasteiger partial charge in [-0.15, -0.1) is 0 Å². The quantitative estimate of drug-likeness (QED) is 0.0373. The first-order chi connectivity index (χ1) is 52.3. The van der Waals surface area contributed by atoms with Crippen molar-refractivity contribution in [3.05, 3.63) is 0 Å². The van der Waals surface area contributed by atoms with Crippen molar-refractivity contribution >= 4 is 76.8 Å². The molecule has 0 saturated heterocycles. The molecule has 0 unspecified atom stereocenters. The zero-order valence-corrected chi connectivity index (χ0v) is 69.9. The number of hydrogen-bond donors (Lipinski definition) is 20. The van der Waals surface area contributed by atoms with Gasteiger partial charge in [-0.3, -0.25) is 62.3 Å². The summed E-state index contributed by atoms with van der Waals surface area (Å²) in [5.74, 6) is -9.85. The Morgan fingerprint density at radius 1 is 0.198 bits per heavy atom. The third-order valence-electron chi connectivity index (χ3n) is 18.6. The van der Waals surface area contributed by atoms with E-state index in [9.17, 15) is 62.3 Å². The van der Waals surface area contributed by atoms with Gasteiger partial charge in [-0.1, -0.05) is 96.9 Å². The predicted molar refractivity (Wildman–Crippen MR) is 434 cm³/mol. The van der Waals surface area contributed by atoms with E-state index in [1.54, 1.807) is 0 Å². The molecule has 13 amide bonds. The van der Waals surface area contributed by atoms with E-state index in [-0.39, 0.29) is 132 Å². The van der Waals surface area contributed by atoms with E-state index in [1.807, 2.05) is 96.9 Å². The monoisotopic (exact) mass is 1580 g/mol. The molecule has 0 bridgehead atoms. The molecule has 0 aliphatic heterocycles. The van der Waals surface area contributed by atoms with Gasteiger partial charge in [0.25, 0.3) is 0 Å². The standard InChI is InChI=1S/C78H152N20O13/c1-46(2)39-53(85)67(100)87-54(27-15-21-33-79)68(101)89-58(31-19-25-37-83)72(105)95-64(44-51(11)12)77(110)98-65(45-52(13)14)78(111)97-62(42-49(7)8)75(108)92-56(29-17-23-35-81)70(103)90-59(32-20-26-38-84)73(106)94-63(43-50(9)10)76(109)96-61(41-48(5)6)74(107)91-55(28-16-22-34-80)69(102)88-57(30-18-24-36-82)71(104)93-60(66(86)99)40-47(3)4/h46-65H,15-45,79-85H2,1-14H3,(H2,86,99)(H,87,100)(H,88,102)(H,89,101)(H,90,103)(H,91,107)(H,92,108)(H,93,104)(H,94,106)(H,95,105)(H,96,109)(H,97,111)(H,98,110)/t53-,54+,55+,56+,57+,58+,59+,60-,61-,62-,63-,64-,65-/m1/s1. The van der Waals surface area contributed by atoms with Gasteiger partial charge in [-0.2, -0.15) is 0 Å². The Morgan fingerprint density at radius 2 is 0.333 bits per heavy atom. The second-order valence-electron chi connectivity index (χ2n) is 32.9. The maximum Gasteiger partial charge on any atom is 0.243 e. The highest BCUT2D eigenvalue weighted by molar-refractivity contribution is 6.00. The zero-order chi connectivity index (χ0) is 84.5. The van der Waals surface area contributed by atoms with Crippen molar-refractivity contribution < 1.29 is 62.3 Å². The average Bonchev–Trinajstić information content (AvgIpc) is 0.862. The molecule has 0 aromatic carbocycles. The van der Waals surface area contributed by atoms with Crippen LogP contribution in [0.3, 0.4) is 0 Å². The first-order valence-electron chi connectivity index (χ1n) is 41.2. The number of rotatable bonds is 63. The summed E-state index contributed by atoms with van der Waals surface area (Å²) in [6.45, 7) is 27.8. The van der Waals surface area contributed by atoms with E-state index >= 15 is 0 Å². The molecule has 642 valence electrons. The molecule has 0 aromatic rings. The molecule has 0 heterocycles. The number of carbonyl (C=O) groups excluding carboxylic acids is 13. The molecule has 0 spiro atoms. The number of primary amides is 1. The lowest BCUT2D eigenvalue weighted by Crippen LogP contribution is -2.61. The van der Waals surface area contributed by atoms with Gasteiger partial charge in [0, 0.05) is 0 Å². The van der Waals surface area contributed by atoms with Gasteiger partial charge >= 0.3 is 0 Å². The molecule has 111 heavy (non-hydrogen) atoms. The molecule has 0 radical (unpaired) electrons. The third kappa shape index (κ3) is 46.0. The van der Waals surface area contributed by atoms with Crippen LogP contribution in [-0.4, -0.2) is 195 Å². The summed E-state index contributed by atoms with van der Waals surface area (Å²) in [5.41, 5.74) is 46.9. The lowest BCUT2D eigenvalue weighted by atomic mass is 9.98. The van der Waals surface area contributed by atoms with Crippen molar-refractivity contribution in [2.45, 2.75) is 336 Å². The Kier molecular flexibility index (Phi) is 54.9. The first-order valence-corrected chi connectivity index (χ1v) is 41.2. The minimum absolute atomic E-state index is 0.000713. The van der Waals surface area contributed by atoms with Gasteiger partial charge in [0.05, 0.1) is 6.04 Å². The maximum absolute atomic E-state index is 14.8. The topological polar surface area (TPSA) is 574 Å². The van der Waals surface area contributed by atoms with Gasteiger partial charge < -0.3 is 110 Å². The van der Waals surface area contributed by atoms with Crippen LogP contribution in [0.2, 0.25) is 0 Å². The number of unbranched alkanes of at least 4 members (excludes halogenated alkanes) is 6. The predicted octanol–water partition coefficient (Wildman–Crippen LogP) is 0.713. The molecule has 33 nitrogen and oxygen atoms in total. The Balaban J connectivity index is 7.29. The van der Waals surface area contributed by atoms with Crippen molar-refractivity contribution in [1.82, 2.24) is 63.8 Å². The highest BCUT2D eigenvalue weighted by Crippen LogP contribution is 2.18. The van der Waals surface area contributed by atoms with Crippen molar-refractivity contribution in [3.8, 4) is 0 Å². The summed E-state index contributed by atoms with van der Waals surface area (Å²) in [6.07, 6.45) is 7.32. The number of amides is 13. The average molecular weight is 1580 g/mol. The van der Waals surface area contributed by atoms with Gasteiger partial charge in [-0.05, 0) is 241 Å². The largest absolute Gasteiger partial charge is 0.368 e. The van der Waals surface area contributed by atoms with Crippen LogP contribution in [0.15, 0.2) is 0 Å². The van der Waals surface area contributed by atoms with Crippen molar-refractivity contribution in [1.29, 1.82) is 0 Å². The molecule has 0 rings (SSSR count). The maximum atomic E-state index is 14.8. The fourth-order valence-electron chi connectivity index (χ4n) is 12.7. The SMILES string of the molecule is CC(C)C[C@@H](N)C(=O)N[C@@H](CCCCN)C(=O)N[C@@H](CCCCN)C(=O)N[C@H](CC(C)C)C(=O)N[C@H](CC(C)C)C(=O)N[C@H](CC(C)C)C(=O)N[C@@H](CCCCN)C(=O)N[C@@H](CCCCN)C(=O)N[C@H](CC(C)C)C(=O)N[C@H](CC(C)C)C(=O)N[C@@H](CCCCN)C(=O)N[C@@H](CCCCN)C(=O)N[C@H](CC(C)C)C(N)=O. The normalized spacial score (nSPS) is 15.2. The Hall–Kier alpha value is -7.17. The van der Waals surface area contributed by atoms with Crippen LogP contribution in [0.5, 0.6) is 0 Å². The van der Waals surface area contributed by atoms with E-state index in [0.717, 1.165) is 0 Å². The molecule has 28 N–H and O–H groups in total. The number of carbonyl (C=O) groups is 13. The van der Waals surface area contributed by atoms with Crippen molar-refractivity contribution in [3.63, 3.8) is 0 Å². The second kappa shape index (κ2) is 58.7. The molecule has 33 heteroatoms. The third-order valence-corrected chi connectivity index (χ3v) is 18.6. The van der Waals surface area contributed by atoms with Crippen LogP contribution in [0.1, 0.15) is 257 Å². The van der Waals surface area contributed by atoms with Crippen LogP contribution < -0.4 is 110 Å². The van der Waals surface area contributed by atoms with Gasteiger partial charge in [0.15, 0.2) is 0 Å². The Bertz CT molecular complexity index is 2780. The zero-order valence-electron chi connectivity index (χ0n) is 69.9. The molecule has 0 aliphatic carbocycles. The highest BCUT2D eigenvalue weighted by atomic mass is 16.2. The highest BCUT2D eigenvalue weighted by Gasteiger charge is 2.38. The molecule has 0 fully saturated rings. The van der Waals surface area contributed by atoms with Crippen LogP contribution in [0, 0.1) is 41.4 Å². The smallest absolute Gasteiger partial charge is 0.243 e. The van der Waals surface area contributed by atoms with E-state index in [2.05, 4.69) is 63.8 Å².